The lowest BCUT2D eigenvalue weighted by Crippen LogP contribution is -2.61. The van der Waals surface area contributed by atoms with Crippen molar-refractivity contribution < 1.29 is 28.7 Å². The van der Waals surface area contributed by atoms with Crippen molar-refractivity contribution in [3.05, 3.63) is 71.8 Å². The number of nitrogens with one attached hydrogen (secondary N) is 3. The summed E-state index contributed by atoms with van der Waals surface area (Å²) in [5.74, 6) is -2.50. The lowest BCUT2D eigenvalue weighted by Gasteiger charge is -2.34. The van der Waals surface area contributed by atoms with Crippen molar-refractivity contribution in [1.29, 1.82) is 5.26 Å². The van der Waals surface area contributed by atoms with Crippen LogP contribution in [0.5, 0.6) is 0 Å². The van der Waals surface area contributed by atoms with Crippen LogP contribution < -0.4 is 21.7 Å². The maximum atomic E-state index is 13.8. The third-order valence-electron chi connectivity index (χ3n) is 6.91. The number of carbonyl (C=O) groups excluding carboxylic acids is 5. The molecule has 242 valence electrons. The number of nitriles is 1. The van der Waals surface area contributed by atoms with E-state index < -0.39 is 53.3 Å². The van der Waals surface area contributed by atoms with Gasteiger partial charge in [-0.1, -0.05) is 88.4 Å². The van der Waals surface area contributed by atoms with Gasteiger partial charge in [0, 0.05) is 19.9 Å². The number of rotatable bonds is 15. The highest BCUT2D eigenvalue weighted by molar-refractivity contribution is 5.94. The van der Waals surface area contributed by atoms with E-state index in [-0.39, 0.29) is 32.4 Å². The minimum absolute atomic E-state index is 0.0226. The van der Waals surface area contributed by atoms with Crippen molar-refractivity contribution in [1.82, 2.24) is 26.0 Å². The van der Waals surface area contributed by atoms with Gasteiger partial charge in [-0.2, -0.15) is 5.26 Å². The van der Waals surface area contributed by atoms with Crippen LogP contribution in [0.15, 0.2) is 60.7 Å². The van der Waals surface area contributed by atoms with E-state index in [1.165, 1.54) is 7.05 Å². The fourth-order valence-electron chi connectivity index (χ4n) is 4.31. The van der Waals surface area contributed by atoms with Crippen LogP contribution in [0, 0.1) is 16.9 Å². The van der Waals surface area contributed by atoms with Crippen LogP contribution >= 0.6 is 0 Å². The van der Waals surface area contributed by atoms with Crippen LogP contribution in [0.1, 0.15) is 51.7 Å². The Morgan fingerprint density at radius 1 is 0.889 bits per heavy atom. The zero-order valence-corrected chi connectivity index (χ0v) is 26.4. The maximum absolute atomic E-state index is 13.8. The summed E-state index contributed by atoms with van der Waals surface area (Å²) < 4.78 is 5.24. The summed E-state index contributed by atoms with van der Waals surface area (Å²) in [5, 5.41) is 19.6. The van der Waals surface area contributed by atoms with Gasteiger partial charge in [-0.3, -0.25) is 19.2 Å². The van der Waals surface area contributed by atoms with Crippen LogP contribution in [0.25, 0.3) is 0 Å². The molecule has 13 nitrogen and oxygen atoms in total. The van der Waals surface area contributed by atoms with Crippen molar-refractivity contribution in [2.24, 2.45) is 11.1 Å². The quantitative estimate of drug-likeness (QED) is 0.132. The number of amides is 5. The van der Waals surface area contributed by atoms with Gasteiger partial charge in [0.1, 0.15) is 24.7 Å². The predicted octanol–water partition coefficient (Wildman–Crippen LogP) is 1.98. The van der Waals surface area contributed by atoms with E-state index in [1.807, 2.05) is 30.5 Å². The van der Waals surface area contributed by atoms with E-state index in [0.29, 0.717) is 0 Å². The third-order valence-corrected chi connectivity index (χ3v) is 6.91. The van der Waals surface area contributed by atoms with E-state index in [4.69, 9.17) is 10.5 Å². The topological polar surface area (TPSA) is 187 Å². The van der Waals surface area contributed by atoms with Gasteiger partial charge in [0.2, 0.25) is 17.7 Å². The minimum atomic E-state index is -1.14. The lowest BCUT2D eigenvalue weighted by molar-refractivity contribution is -0.146. The summed E-state index contributed by atoms with van der Waals surface area (Å²) in [7, 11) is 1.36. The Morgan fingerprint density at radius 2 is 1.47 bits per heavy atom. The molecule has 0 spiro atoms. The average molecular weight is 622 g/mol. The first-order chi connectivity index (χ1) is 21.3. The van der Waals surface area contributed by atoms with Gasteiger partial charge in [0.25, 0.3) is 5.91 Å². The molecular weight excluding hydrogens is 578 g/mol. The summed E-state index contributed by atoms with van der Waals surface area (Å²) in [6.45, 7) is 6.86. The Hall–Kier alpha value is -5.12. The molecule has 0 radical (unpaired) electrons. The van der Waals surface area contributed by atoms with Crippen molar-refractivity contribution in [2.45, 2.75) is 71.7 Å². The van der Waals surface area contributed by atoms with Gasteiger partial charge < -0.3 is 26.4 Å². The highest BCUT2D eigenvalue weighted by atomic mass is 16.5. The number of likely N-dealkylation sites (N-methyl/N-ethyl adjacent to an activating group) is 1. The van der Waals surface area contributed by atoms with E-state index >= 15 is 0 Å². The maximum Gasteiger partial charge on any atom is 0.408 e. The summed E-state index contributed by atoms with van der Waals surface area (Å²) >= 11 is 0. The van der Waals surface area contributed by atoms with Crippen molar-refractivity contribution in [2.75, 3.05) is 13.6 Å². The molecule has 3 atom stereocenters. The van der Waals surface area contributed by atoms with E-state index in [0.717, 1.165) is 21.1 Å². The zero-order valence-electron chi connectivity index (χ0n) is 26.4. The standard InChI is InChI=1S/C32H43N7O6/c1-6-24(36-31(44)45-20-23-15-11-8-12-16-23)28(41)37-27(32(2,3)4)29(42)35-25(19-22-13-9-7-10-14-22)30(43)38(5)39(21-33)18-17-26(34)40/h7-16,24-25,27H,6,17-20H2,1-5H3,(H2,34,40)(H,35,42)(H,36,44)(H,37,41)/t24-,25-,27+/m0/s1. The molecule has 0 heterocycles. The van der Waals surface area contributed by atoms with Crippen molar-refractivity contribution in [3.8, 4) is 6.19 Å². The van der Waals surface area contributed by atoms with E-state index in [9.17, 15) is 29.2 Å². The van der Waals surface area contributed by atoms with Gasteiger partial charge in [0.15, 0.2) is 6.19 Å². The fraction of sp³-hybridized carbons (Fsp3) is 0.438. The summed E-state index contributed by atoms with van der Waals surface area (Å²) in [6.07, 6.45) is 1.21. The molecule has 2 aromatic carbocycles. The first kappa shape index (κ1) is 36.1. The predicted molar refractivity (Wildman–Crippen MR) is 166 cm³/mol. The van der Waals surface area contributed by atoms with Crippen LogP contribution in [0.4, 0.5) is 4.79 Å². The largest absolute Gasteiger partial charge is 0.445 e. The van der Waals surface area contributed by atoms with Crippen LogP contribution in [0.3, 0.4) is 0 Å². The molecule has 0 saturated carbocycles. The van der Waals surface area contributed by atoms with E-state index in [1.54, 1.807) is 64.1 Å². The zero-order chi connectivity index (χ0) is 33.6. The molecule has 0 aliphatic heterocycles. The SMILES string of the molecule is CC[C@H](NC(=O)OCc1ccccc1)C(=O)N[C@H](C(=O)N[C@@H](Cc1ccccc1)C(=O)N(C)N(C#N)CCC(N)=O)C(C)(C)C. The van der Waals surface area contributed by atoms with Gasteiger partial charge in [0.05, 0.1) is 6.54 Å². The van der Waals surface area contributed by atoms with Crippen LogP contribution in [-0.4, -0.2) is 71.5 Å². The molecule has 0 aromatic heterocycles. The molecule has 13 heteroatoms. The van der Waals surface area contributed by atoms with Gasteiger partial charge >= 0.3 is 6.09 Å². The molecule has 5 N–H and O–H groups in total. The lowest BCUT2D eigenvalue weighted by atomic mass is 9.85. The molecule has 2 aromatic rings. The Bertz CT molecular complexity index is 1340. The molecule has 0 fully saturated rings. The smallest absolute Gasteiger partial charge is 0.408 e. The summed E-state index contributed by atoms with van der Waals surface area (Å²) in [4.78, 5) is 64.4. The fourth-order valence-corrected chi connectivity index (χ4v) is 4.31. The second kappa shape index (κ2) is 17.2. The Morgan fingerprint density at radius 3 is 1.98 bits per heavy atom. The molecule has 45 heavy (non-hydrogen) atoms. The number of nitrogens with zero attached hydrogens (tertiary/aromatic N) is 3. The first-order valence-electron chi connectivity index (χ1n) is 14.6. The number of nitrogens with two attached hydrogens (primary N) is 1. The molecule has 0 aliphatic carbocycles. The third kappa shape index (κ3) is 11.8. The first-order valence-corrected chi connectivity index (χ1v) is 14.6. The number of primary amides is 1. The van der Waals surface area contributed by atoms with Crippen molar-refractivity contribution >= 4 is 29.7 Å². The average Bonchev–Trinajstić information content (AvgIpc) is 3.01. The highest BCUT2D eigenvalue weighted by Gasteiger charge is 2.37. The molecular formula is C32H43N7O6. The van der Waals surface area contributed by atoms with E-state index in [2.05, 4.69) is 16.0 Å². The number of carbonyl (C=O) groups is 5. The number of benzene rings is 2. The molecule has 0 saturated heterocycles. The molecule has 0 unspecified atom stereocenters. The Kier molecular flexibility index (Phi) is 13.8. The van der Waals surface area contributed by atoms with Crippen LogP contribution in [0.2, 0.25) is 0 Å². The summed E-state index contributed by atoms with van der Waals surface area (Å²) in [6, 6.07) is 14.8. The number of hydrazine groups is 1. The van der Waals surface area contributed by atoms with Gasteiger partial charge in [-0.15, -0.1) is 0 Å². The normalized spacial score (nSPS) is 12.8. The second-order valence-electron chi connectivity index (χ2n) is 11.5. The minimum Gasteiger partial charge on any atom is -0.445 e. The number of ether oxygens (including phenoxy) is 1. The Balaban J connectivity index is 2.21. The van der Waals surface area contributed by atoms with Gasteiger partial charge in [-0.05, 0) is 23.0 Å². The molecule has 5 amide bonds. The molecule has 0 bridgehead atoms. The van der Waals surface area contributed by atoms with Crippen molar-refractivity contribution in [3.63, 3.8) is 0 Å². The van der Waals surface area contributed by atoms with Gasteiger partial charge in [-0.25, -0.2) is 14.8 Å². The molecule has 0 aliphatic rings. The monoisotopic (exact) mass is 621 g/mol. The van der Waals surface area contributed by atoms with Crippen LogP contribution in [-0.2, 0) is 36.9 Å². The highest BCUT2D eigenvalue weighted by Crippen LogP contribution is 2.21. The number of alkyl carbamates (subject to hydrolysis) is 1. The second-order valence-corrected chi connectivity index (χ2v) is 11.5. The number of hydrogen-bond acceptors (Lipinski definition) is 8. The number of hydrogen-bond donors (Lipinski definition) is 4. The molecule has 2 rings (SSSR count). The summed E-state index contributed by atoms with van der Waals surface area (Å²) in [5.41, 5.74) is 5.93. The Labute approximate surface area is 264 Å².